The van der Waals surface area contributed by atoms with E-state index >= 15 is 0 Å². The first-order valence-electron chi connectivity index (χ1n) is 12.2. The molecule has 3 aliphatic heterocycles. The number of hydrazine groups is 1. The van der Waals surface area contributed by atoms with Crippen molar-refractivity contribution in [3.05, 3.63) is 72.1 Å². The summed E-state index contributed by atoms with van der Waals surface area (Å²) in [5, 5.41) is 10.5. The zero-order valence-electron chi connectivity index (χ0n) is 20.1. The molecule has 3 heterocycles. The number of rotatable bonds is 8. The minimum absolute atomic E-state index is 0.0241. The predicted molar refractivity (Wildman–Crippen MR) is 141 cm³/mol. The number of anilines is 1. The molecule has 1 amide bonds. The lowest BCUT2D eigenvalue weighted by Crippen LogP contribution is -2.54. The first-order valence-corrected chi connectivity index (χ1v) is 13.2. The number of ether oxygens (including phenoxy) is 1. The van der Waals surface area contributed by atoms with E-state index in [1.54, 1.807) is 0 Å². The van der Waals surface area contributed by atoms with E-state index < -0.39 is 0 Å². The number of para-hydroxylation sites is 1. The molecule has 9 heteroatoms. The number of fused-ring (bicyclic) bond motifs is 3. The summed E-state index contributed by atoms with van der Waals surface area (Å²) in [6.45, 7) is 4.91. The van der Waals surface area contributed by atoms with Gasteiger partial charge in [-0.2, -0.15) is 5.10 Å². The molecule has 8 nitrogen and oxygen atoms in total. The maximum atomic E-state index is 12.5. The number of aryl methyl sites for hydroxylation is 1. The van der Waals surface area contributed by atoms with Gasteiger partial charge in [0, 0.05) is 18.1 Å². The van der Waals surface area contributed by atoms with E-state index in [1.165, 1.54) is 17.3 Å². The molecule has 0 spiro atoms. The Morgan fingerprint density at radius 2 is 2.03 bits per heavy atom. The largest absolute Gasteiger partial charge is 0.494 e. The van der Waals surface area contributed by atoms with Gasteiger partial charge in [0.15, 0.2) is 5.17 Å². The number of hydrazone groups is 1. The molecule has 3 unspecified atom stereocenters. The lowest BCUT2D eigenvalue weighted by Gasteiger charge is -2.36. The molecule has 2 aromatic rings. The maximum Gasteiger partial charge on any atom is 0.234 e. The standard InChI is InChI=1S/C26H32N6O2S/c1-3-4-15-34-20-11-9-19(10-12-20)22-16-23-25-28-29-26(31(25)13-14-32(23)30-22)35-17-24(33)27-21-8-6-5-7-18(21)2/h5-14,22-23,25,28,30H,3-4,15-17H2,1-2H3,(H,27,33). The molecule has 3 aliphatic rings. The Hall–Kier alpha value is -3.17. The Labute approximate surface area is 210 Å². The lowest BCUT2D eigenvalue weighted by atomic mass is 10.00. The van der Waals surface area contributed by atoms with Crippen molar-refractivity contribution in [2.45, 2.75) is 51.4 Å². The van der Waals surface area contributed by atoms with Crippen LogP contribution in [-0.2, 0) is 4.79 Å². The Kier molecular flexibility index (Phi) is 7.15. The summed E-state index contributed by atoms with van der Waals surface area (Å²) in [5.41, 5.74) is 10.0. The Morgan fingerprint density at radius 1 is 1.20 bits per heavy atom. The smallest absolute Gasteiger partial charge is 0.234 e. The van der Waals surface area contributed by atoms with Crippen molar-refractivity contribution in [1.29, 1.82) is 0 Å². The number of amides is 1. The van der Waals surface area contributed by atoms with Crippen LogP contribution in [0.15, 0.2) is 66.0 Å². The van der Waals surface area contributed by atoms with Crippen molar-refractivity contribution in [3.63, 3.8) is 0 Å². The summed E-state index contributed by atoms with van der Waals surface area (Å²) in [6, 6.07) is 16.6. The normalized spacial score (nSPS) is 22.3. The zero-order chi connectivity index (χ0) is 24.2. The number of carbonyl (C=O) groups excluding carboxylic acids is 1. The third kappa shape index (κ3) is 5.26. The molecule has 35 heavy (non-hydrogen) atoms. The highest BCUT2D eigenvalue weighted by Crippen LogP contribution is 2.35. The van der Waals surface area contributed by atoms with Crippen LogP contribution in [0.1, 0.15) is 43.4 Å². The summed E-state index contributed by atoms with van der Waals surface area (Å²) < 4.78 is 5.80. The van der Waals surface area contributed by atoms with Gasteiger partial charge in [-0.15, -0.1) is 0 Å². The van der Waals surface area contributed by atoms with E-state index in [0.717, 1.165) is 48.0 Å². The molecule has 184 valence electrons. The molecule has 5 rings (SSSR count). The van der Waals surface area contributed by atoms with Crippen LogP contribution in [0.3, 0.4) is 0 Å². The van der Waals surface area contributed by atoms with Crippen LogP contribution >= 0.6 is 11.8 Å². The number of thioether (sulfide) groups is 1. The van der Waals surface area contributed by atoms with Gasteiger partial charge in [0.2, 0.25) is 5.91 Å². The van der Waals surface area contributed by atoms with Crippen molar-refractivity contribution in [3.8, 4) is 5.75 Å². The minimum atomic E-state index is -0.0391. The second-order valence-electron chi connectivity index (χ2n) is 8.99. The summed E-state index contributed by atoms with van der Waals surface area (Å²) in [4.78, 5) is 14.6. The molecule has 0 aromatic heterocycles. The van der Waals surface area contributed by atoms with Gasteiger partial charge in [-0.1, -0.05) is 55.4 Å². The number of carbonyl (C=O) groups is 1. The van der Waals surface area contributed by atoms with Crippen LogP contribution in [0.25, 0.3) is 0 Å². The third-order valence-electron chi connectivity index (χ3n) is 6.51. The fourth-order valence-corrected chi connectivity index (χ4v) is 5.30. The van der Waals surface area contributed by atoms with E-state index in [2.05, 4.69) is 68.6 Å². The number of amidine groups is 1. The summed E-state index contributed by atoms with van der Waals surface area (Å²) in [5.74, 6) is 1.18. The van der Waals surface area contributed by atoms with Gasteiger partial charge in [0.1, 0.15) is 11.9 Å². The predicted octanol–water partition coefficient (Wildman–Crippen LogP) is 4.15. The second kappa shape index (κ2) is 10.6. The van der Waals surface area contributed by atoms with Crippen LogP contribution < -0.4 is 20.9 Å². The topological polar surface area (TPSA) is 81.2 Å². The SMILES string of the molecule is CCCCOc1ccc(C2CC3C4NN=C(SCC(=O)Nc5ccccc5C)N4C=CN3N2)cc1. The fraction of sp³-hybridized carbons (Fsp3) is 0.385. The van der Waals surface area contributed by atoms with Gasteiger partial charge in [0.05, 0.1) is 24.4 Å². The van der Waals surface area contributed by atoms with Crippen LogP contribution in [-0.4, -0.2) is 45.6 Å². The molecule has 2 aromatic carbocycles. The average Bonchev–Trinajstić information content (AvgIpc) is 3.49. The van der Waals surface area contributed by atoms with Gasteiger partial charge >= 0.3 is 0 Å². The Balaban J connectivity index is 1.15. The van der Waals surface area contributed by atoms with Crippen molar-refractivity contribution in [1.82, 2.24) is 20.8 Å². The summed E-state index contributed by atoms with van der Waals surface area (Å²) in [7, 11) is 0. The number of unbranched alkanes of at least 4 members (excludes halogenated alkanes) is 1. The first-order chi connectivity index (χ1) is 17.1. The highest BCUT2D eigenvalue weighted by molar-refractivity contribution is 8.14. The molecule has 0 saturated carbocycles. The maximum absolute atomic E-state index is 12.5. The molecule has 1 saturated heterocycles. The van der Waals surface area contributed by atoms with Crippen molar-refractivity contribution >= 4 is 28.5 Å². The Morgan fingerprint density at radius 3 is 2.83 bits per heavy atom. The van der Waals surface area contributed by atoms with Crippen LogP contribution in [0.2, 0.25) is 0 Å². The molecule has 3 N–H and O–H groups in total. The average molecular weight is 493 g/mol. The molecule has 0 radical (unpaired) electrons. The number of hydrogen-bond donors (Lipinski definition) is 3. The number of benzene rings is 2. The van der Waals surface area contributed by atoms with E-state index in [4.69, 9.17) is 4.74 Å². The van der Waals surface area contributed by atoms with Gasteiger partial charge in [-0.25, -0.2) is 5.43 Å². The lowest BCUT2D eigenvalue weighted by molar-refractivity contribution is -0.113. The van der Waals surface area contributed by atoms with Crippen LogP contribution in [0, 0.1) is 6.92 Å². The molecule has 1 fully saturated rings. The number of nitrogens with one attached hydrogen (secondary N) is 3. The number of nitrogens with zero attached hydrogens (tertiary/aromatic N) is 3. The quantitative estimate of drug-likeness (QED) is 0.478. The summed E-state index contributed by atoms with van der Waals surface area (Å²) >= 11 is 1.44. The molecular weight excluding hydrogens is 460 g/mol. The molecule has 0 aliphatic carbocycles. The molecule has 0 bridgehead atoms. The zero-order valence-corrected chi connectivity index (χ0v) is 20.9. The number of hydrogen-bond acceptors (Lipinski definition) is 8. The van der Waals surface area contributed by atoms with E-state index in [0.29, 0.717) is 5.75 Å². The van der Waals surface area contributed by atoms with Gasteiger partial charge < -0.3 is 20.0 Å². The van der Waals surface area contributed by atoms with Gasteiger partial charge in [-0.3, -0.25) is 10.2 Å². The van der Waals surface area contributed by atoms with Crippen LogP contribution in [0.4, 0.5) is 5.69 Å². The minimum Gasteiger partial charge on any atom is -0.494 e. The summed E-state index contributed by atoms with van der Waals surface area (Å²) in [6.07, 6.45) is 7.24. The third-order valence-corrected chi connectivity index (χ3v) is 7.47. The highest BCUT2D eigenvalue weighted by Gasteiger charge is 2.44. The van der Waals surface area contributed by atoms with Crippen molar-refractivity contribution < 1.29 is 9.53 Å². The van der Waals surface area contributed by atoms with E-state index in [9.17, 15) is 4.79 Å². The van der Waals surface area contributed by atoms with Gasteiger partial charge in [0.25, 0.3) is 0 Å². The van der Waals surface area contributed by atoms with Crippen molar-refractivity contribution in [2.75, 3.05) is 17.7 Å². The van der Waals surface area contributed by atoms with E-state index in [-0.39, 0.29) is 24.2 Å². The highest BCUT2D eigenvalue weighted by atomic mass is 32.2. The fourth-order valence-electron chi connectivity index (χ4n) is 4.53. The molecule has 3 atom stereocenters. The monoisotopic (exact) mass is 492 g/mol. The van der Waals surface area contributed by atoms with Crippen molar-refractivity contribution in [2.24, 2.45) is 5.10 Å². The van der Waals surface area contributed by atoms with Gasteiger partial charge in [-0.05, 0) is 49.1 Å². The second-order valence-corrected chi connectivity index (χ2v) is 9.93. The molecular formula is C26H32N6O2S. The van der Waals surface area contributed by atoms with E-state index in [1.807, 2.05) is 37.4 Å². The first kappa shape index (κ1) is 23.6. The Bertz CT molecular complexity index is 1110. The van der Waals surface area contributed by atoms with Crippen LogP contribution in [0.5, 0.6) is 5.75 Å².